The molecule has 0 bridgehead atoms. The Hall–Kier alpha value is -2.57. The van der Waals surface area contributed by atoms with Crippen LogP contribution in [-0.2, 0) is 15.1 Å². The molecule has 2 heterocycles. The average molecular weight is 399 g/mol. The summed E-state index contributed by atoms with van der Waals surface area (Å²) in [5, 5.41) is 8.31. The van der Waals surface area contributed by atoms with Gasteiger partial charge in [0.2, 0.25) is 5.91 Å². The summed E-state index contributed by atoms with van der Waals surface area (Å²) in [7, 11) is 0. The van der Waals surface area contributed by atoms with Crippen LogP contribution in [0.15, 0.2) is 22.7 Å². The fourth-order valence-electron chi connectivity index (χ4n) is 4.39. The highest BCUT2D eigenvalue weighted by Crippen LogP contribution is 2.52. The molecule has 1 aromatic carbocycles. The van der Waals surface area contributed by atoms with Crippen molar-refractivity contribution in [2.45, 2.75) is 52.7 Å². The molecule has 4 rings (SSSR count). The Morgan fingerprint density at radius 1 is 1.17 bits per heavy atom. The van der Waals surface area contributed by atoms with E-state index < -0.39 is 11.1 Å². The van der Waals surface area contributed by atoms with Crippen molar-refractivity contribution in [3.05, 3.63) is 29.5 Å². The number of fused-ring (bicyclic) bond motifs is 2. The van der Waals surface area contributed by atoms with E-state index in [1.807, 2.05) is 59.7 Å². The number of ether oxygens (including phenoxy) is 1. The van der Waals surface area contributed by atoms with Crippen LogP contribution in [0.5, 0.6) is 0 Å². The Bertz CT molecular complexity index is 960. The van der Waals surface area contributed by atoms with Crippen molar-refractivity contribution in [1.29, 1.82) is 0 Å². The molecule has 2 unspecified atom stereocenters. The number of nitrogens with zero attached hydrogens (tertiary/aromatic N) is 2. The van der Waals surface area contributed by atoms with Gasteiger partial charge in [-0.15, -0.1) is 0 Å². The molecule has 2 atom stereocenters. The van der Waals surface area contributed by atoms with Gasteiger partial charge in [-0.2, -0.15) is 0 Å². The number of rotatable bonds is 3. The highest BCUT2D eigenvalue weighted by Gasteiger charge is 2.61. The summed E-state index contributed by atoms with van der Waals surface area (Å²) in [6.45, 7) is 12.6. The van der Waals surface area contributed by atoms with Gasteiger partial charge < -0.3 is 19.5 Å². The van der Waals surface area contributed by atoms with E-state index in [1.165, 1.54) is 0 Å². The van der Waals surface area contributed by atoms with Crippen LogP contribution in [0.25, 0.3) is 11.0 Å². The summed E-state index contributed by atoms with van der Waals surface area (Å²) in [5.41, 5.74) is 1.33. The molecule has 2 fully saturated rings. The van der Waals surface area contributed by atoms with Gasteiger partial charge in [-0.1, -0.05) is 17.3 Å². The summed E-state index contributed by atoms with van der Waals surface area (Å²) in [6.07, 6.45) is -0.298. The first-order valence-electron chi connectivity index (χ1n) is 10.1. The van der Waals surface area contributed by atoms with Gasteiger partial charge in [0.1, 0.15) is 11.3 Å². The van der Waals surface area contributed by atoms with Crippen molar-refractivity contribution in [2.24, 2.45) is 17.8 Å². The second-order valence-electron chi connectivity index (χ2n) is 9.84. The first-order chi connectivity index (χ1) is 13.5. The van der Waals surface area contributed by atoms with E-state index in [9.17, 15) is 9.59 Å². The van der Waals surface area contributed by atoms with Crippen molar-refractivity contribution in [3.63, 3.8) is 0 Å². The van der Waals surface area contributed by atoms with E-state index in [2.05, 4.69) is 10.5 Å². The number of carbonyl (C=O) groups is 2. The van der Waals surface area contributed by atoms with E-state index in [4.69, 9.17) is 9.26 Å². The SMILES string of the molecule is Cc1cccc2c(C(C)(C)NC(=O)C3C4CN(C(=O)OC(C)(C)C)CC43)noc12. The van der Waals surface area contributed by atoms with Crippen LogP contribution >= 0.6 is 0 Å². The zero-order chi connectivity index (χ0) is 21.1. The molecule has 1 saturated carbocycles. The molecule has 7 nitrogen and oxygen atoms in total. The number of carbonyl (C=O) groups excluding carboxylic acids is 2. The van der Waals surface area contributed by atoms with Crippen molar-refractivity contribution in [2.75, 3.05) is 13.1 Å². The number of benzene rings is 1. The average Bonchev–Trinajstić information content (AvgIpc) is 2.96. The summed E-state index contributed by atoms with van der Waals surface area (Å²) in [4.78, 5) is 26.9. The first kappa shape index (κ1) is 19.7. The number of piperidine rings is 1. The molecule has 0 spiro atoms. The second-order valence-corrected chi connectivity index (χ2v) is 9.84. The van der Waals surface area contributed by atoms with Gasteiger partial charge in [0.25, 0.3) is 0 Å². The smallest absolute Gasteiger partial charge is 0.410 e. The van der Waals surface area contributed by atoms with Crippen LogP contribution < -0.4 is 5.32 Å². The quantitative estimate of drug-likeness (QED) is 0.852. The van der Waals surface area contributed by atoms with Gasteiger partial charge in [0.15, 0.2) is 5.58 Å². The summed E-state index contributed by atoms with van der Waals surface area (Å²) < 4.78 is 11.0. The second kappa shape index (κ2) is 6.47. The number of likely N-dealkylation sites (tertiary alicyclic amines) is 1. The number of amides is 2. The van der Waals surface area contributed by atoms with Crippen molar-refractivity contribution < 1.29 is 18.8 Å². The maximum Gasteiger partial charge on any atom is 0.410 e. The zero-order valence-corrected chi connectivity index (χ0v) is 17.9. The number of nitrogens with one attached hydrogen (secondary N) is 1. The van der Waals surface area contributed by atoms with Crippen LogP contribution in [0, 0.1) is 24.7 Å². The Labute approximate surface area is 170 Å². The minimum atomic E-state index is -0.655. The number of aryl methyl sites for hydroxylation is 1. The maximum absolute atomic E-state index is 12.9. The molecular weight excluding hydrogens is 370 g/mol. The highest BCUT2D eigenvalue weighted by molar-refractivity contribution is 5.86. The third-order valence-corrected chi connectivity index (χ3v) is 5.87. The van der Waals surface area contributed by atoms with Crippen LogP contribution in [0.1, 0.15) is 45.9 Å². The van der Waals surface area contributed by atoms with Crippen molar-refractivity contribution >= 4 is 23.0 Å². The van der Waals surface area contributed by atoms with Gasteiger partial charge in [-0.05, 0) is 65.0 Å². The molecule has 2 amide bonds. The zero-order valence-electron chi connectivity index (χ0n) is 17.9. The lowest BCUT2D eigenvalue weighted by molar-refractivity contribution is -0.125. The number of aromatic nitrogens is 1. The predicted octanol–water partition coefficient (Wildman–Crippen LogP) is 3.60. The number of para-hydroxylation sites is 1. The van der Waals surface area contributed by atoms with E-state index in [-0.39, 0.29) is 29.8 Å². The monoisotopic (exact) mass is 399 g/mol. The molecule has 1 aliphatic carbocycles. The van der Waals surface area contributed by atoms with E-state index in [0.717, 1.165) is 22.2 Å². The van der Waals surface area contributed by atoms with Gasteiger partial charge in [-0.3, -0.25) is 4.79 Å². The number of hydrogen-bond acceptors (Lipinski definition) is 5. The molecule has 156 valence electrons. The highest BCUT2D eigenvalue weighted by atomic mass is 16.6. The van der Waals surface area contributed by atoms with Crippen molar-refractivity contribution in [3.8, 4) is 0 Å². The summed E-state index contributed by atoms with van der Waals surface area (Å²) >= 11 is 0. The fraction of sp³-hybridized carbons (Fsp3) is 0.591. The Morgan fingerprint density at radius 3 is 2.45 bits per heavy atom. The molecule has 7 heteroatoms. The molecule has 2 aromatic rings. The van der Waals surface area contributed by atoms with Gasteiger partial charge >= 0.3 is 6.09 Å². The van der Waals surface area contributed by atoms with Crippen LogP contribution in [0.3, 0.4) is 0 Å². The van der Waals surface area contributed by atoms with Crippen LogP contribution in [-0.4, -0.2) is 40.7 Å². The fourth-order valence-corrected chi connectivity index (χ4v) is 4.39. The van der Waals surface area contributed by atoms with Gasteiger partial charge in [-0.25, -0.2) is 4.79 Å². The molecule has 1 aliphatic heterocycles. The van der Waals surface area contributed by atoms with E-state index >= 15 is 0 Å². The molecule has 29 heavy (non-hydrogen) atoms. The Kier molecular flexibility index (Phi) is 4.40. The molecule has 1 aromatic heterocycles. The number of hydrogen-bond donors (Lipinski definition) is 1. The van der Waals surface area contributed by atoms with Crippen LogP contribution in [0.2, 0.25) is 0 Å². The Morgan fingerprint density at radius 2 is 1.83 bits per heavy atom. The van der Waals surface area contributed by atoms with Crippen LogP contribution in [0.4, 0.5) is 4.79 Å². The normalized spacial score (nSPS) is 23.8. The predicted molar refractivity (Wildman–Crippen MR) is 108 cm³/mol. The maximum atomic E-state index is 12.9. The lowest BCUT2D eigenvalue weighted by Crippen LogP contribution is -2.44. The molecule has 0 radical (unpaired) electrons. The Balaban J connectivity index is 1.40. The lowest BCUT2D eigenvalue weighted by Gasteiger charge is -2.27. The topological polar surface area (TPSA) is 84.7 Å². The van der Waals surface area contributed by atoms with Gasteiger partial charge in [0.05, 0.1) is 5.54 Å². The van der Waals surface area contributed by atoms with Crippen molar-refractivity contribution in [1.82, 2.24) is 15.4 Å². The molecule has 1 saturated heterocycles. The molecular formula is C22H29N3O4. The van der Waals surface area contributed by atoms with E-state index in [1.54, 1.807) is 4.90 Å². The van der Waals surface area contributed by atoms with E-state index in [0.29, 0.717) is 13.1 Å². The third-order valence-electron chi connectivity index (χ3n) is 5.87. The largest absolute Gasteiger partial charge is 0.444 e. The molecule has 2 aliphatic rings. The first-order valence-corrected chi connectivity index (χ1v) is 10.1. The third kappa shape index (κ3) is 3.58. The van der Waals surface area contributed by atoms with Gasteiger partial charge in [0, 0.05) is 24.4 Å². The minimum absolute atomic E-state index is 0.0117. The molecule has 1 N–H and O–H groups in total. The summed E-state index contributed by atoms with van der Waals surface area (Å²) in [5.74, 6) is 0.356. The standard InChI is InChI=1S/C22H29N3O4/c1-12-8-7-9-13-17(12)29-24-18(13)22(5,6)23-19(26)16-14-10-25(11-15(14)16)20(27)28-21(2,3)4/h7-9,14-16H,10-11H2,1-6H3,(H,23,26). The minimum Gasteiger partial charge on any atom is -0.444 e. The lowest BCUT2D eigenvalue weighted by atomic mass is 9.96. The summed E-state index contributed by atoms with van der Waals surface area (Å²) in [6, 6.07) is 5.91.